The smallest absolute Gasteiger partial charge is 0.306 e. The number of carbonyl (C=O) groups is 1. The van der Waals surface area contributed by atoms with Gasteiger partial charge in [-0.1, -0.05) is 32.9 Å². The Balaban J connectivity index is 1.81. The molecule has 0 saturated carbocycles. The number of methoxy groups -OCH3 is 1. The van der Waals surface area contributed by atoms with Crippen LogP contribution < -0.4 is 10.1 Å². The summed E-state index contributed by atoms with van der Waals surface area (Å²) in [6, 6.07) is 12.1. The topological polar surface area (TPSA) is 56.8 Å². The zero-order valence-electron chi connectivity index (χ0n) is 19.1. The first kappa shape index (κ1) is 23.1. The molecule has 6 heteroatoms. The highest BCUT2D eigenvalue weighted by Gasteiger charge is 2.47. The Morgan fingerprint density at radius 2 is 1.84 bits per heavy atom. The number of fused-ring (bicyclic) bond motifs is 1. The quantitative estimate of drug-likeness (QED) is 0.602. The molecule has 0 aromatic heterocycles. The van der Waals surface area contributed by atoms with E-state index in [9.17, 15) is 9.18 Å². The van der Waals surface area contributed by atoms with Crippen LogP contribution in [0.1, 0.15) is 58.3 Å². The maximum absolute atomic E-state index is 13.1. The van der Waals surface area contributed by atoms with E-state index in [1.54, 1.807) is 19.2 Å². The number of rotatable bonds is 6. The van der Waals surface area contributed by atoms with Crippen molar-refractivity contribution in [3.8, 4) is 5.75 Å². The van der Waals surface area contributed by atoms with Gasteiger partial charge in [0, 0.05) is 24.9 Å². The van der Waals surface area contributed by atoms with Crippen LogP contribution in [-0.4, -0.2) is 24.8 Å². The van der Waals surface area contributed by atoms with Gasteiger partial charge in [0.2, 0.25) is 0 Å². The first-order valence-electron chi connectivity index (χ1n) is 10.5. The van der Waals surface area contributed by atoms with Gasteiger partial charge in [0.05, 0.1) is 6.42 Å². The molecule has 0 aliphatic carbocycles. The molecule has 2 atom stereocenters. The average molecular weight is 430 g/mol. The van der Waals surface area contributed by atoms with Gasteiger partial charge < -0.3 is 19.5 Å². The Morgan fingerprint density at radius 1 is 1.16 bits per heavy atom. The van der Waals surface area contributed by atoms with Crippen molar-refractivity contribution in [1.82, 2.24) is 0 Å². The molecule has 2 aromatic rings. The van der Waals surface area contributed by atoms with E-state index in [2.05, 4.69) is 5.32 Å². The van der Waals surface area contributed by atoms with Crippen LogP contribution in [0.5, 0.6) is 5.75 Å². The Labute approximate surface area is 183 Å². The standard InChI is InChI=1S/C25H32FNO4/c1-24(2,3)14-21(28)30-23-22(29-6)19-13-18(11-12-20(19)31-25(23,4)5)27-15-16-7-9-17(26)10-8-16/h7-13,22-23,27H,14-15H2,1-6H3. The average Bonchev–Trinajstić information content (AvgIpc) is 2.66. The van der Waals surface area contributed by atoms with Crippen LogP contribution in [0.4, 0.5) is 10.1 Å². The summed E-state index contributed by atoms with van der Waals surface area (Å²) in [4.78, 5) is 12.6. The highest BCUT2D eigenvalue weighted by atomic mass is 19.1. The molecule has 31 heavy (non-hydrogen) atoms. The van der Waals surface area contributed by atoms with Crippen molar-refractivity contribution in [2.24, 2.45) is 5.41 Å². The molecule has 0 radical (unpaired) electrons. The van der Waals surface area contributed by atoms with Crippen molar-refractivity contribution in [3.63, 3.8) is 0 Å². The number of ether oxygens (including phenoxy) is 3. The molecule has 2 unspecified atom stereocenters. The van der Waals surface area contributed by atoms with Crippen LogP contribution in [-0.2, 0) is 20.8 Å². The SMILES string of the molecule is COC1c2cc(NCc3ccc(F)cc3)ccc2OC(C)(C)C1OC(=O)CC(C)(C)C. The lowest BCUT2D eigenvalue weighted by Crippen LogP contribution is -2.51. The maximum Gasteiger partial charge on any atom is 0.306 e. The molecule has 0 spiro atoms. The molecule has 0 amide bonds. The number of esters is 1. The van der Waals surface area contributed by atoms with Gasteiger partial charge in [-0.2, -0.15) is 0 Å². The van der Waals surface area contributed by atoms with Gasteiger partial charge in [-0.25, -0.2) is 4.39 Å². The molecule has 0 fully saturated rings. The highest BCUT2D eigenvalue weighted by Crippen LogP contribution is 2.44. The number of hydrogen-bond donors (Lipinski definition) is 1. The van der Waals surface area contributed by atoms with Crippen molar-refractivity contribution in [1.29, 1.82) is 0 Å². The molecule has 1 N–H and O–H groups in total. The molecule has 1 aliphatic heterocycles. The highest BCUT2D eigenvalue weighted by molar-refractivity contribution is 5.70. The summed E-state index contributed by atoms with van der Waals surface area (Å²) >= 11 is 0. The monoisotopic (exact) mass is 429 g/mol. The van der Waals surface area contributed by atoms with Crippen LogP contribution in [0.25, 0.3) is 0 Å². The van der Waals surface area contributed by atoms with Crippen LogP contribution in [0, 0.1) is 11.2 Å². The predicted octanol–water partition coefficient (Wildman–Crippen LogP) is 5.64. The number of carbonyl (C=O) groups excluding carboxylic acids is 1. The summed E-state index contributed by atoms with van der Waals surface area (Å²) in [5.41, 5.74) is 1.74. The van der Waals surface area contributed by atoms with Gasteiger partial charge in [-0.15, -0.1) is 0 Å². The minimum atomic E-state index is -0.746. The number of anilines is 1. The molecular formula is C25H32FNO4. The number of hydrogen-bond acceptors (Lipinski definition) is 5. The van der Waals surface area contributed by atoms with Crippen molar-refractivity contribution < 1.29 is 23.4 Å². The summed E-state index contributed by atoms with van der Waals surface area (Å²) < 4.78 is 31.0. The van der Waals surface area contributed by atoms with Crippen molar-refractivity contribution in [3.05, 3.63) is 59.4 Å². The van der Waals surface area contributed by atoms with E-state index in [4.69, 9.17) is 14.2 Å². The summed E-state index contributed by atoms with van der Waals surface area (Å²) in [5, 5.41) is 3.34. The zero-order chi connectivity index (χ0) is 22.8. The maximum atomic E-state index is 13.1. The molecule has 1 aliphatic rings. The van der Waals surface area contributed by atoms with Crippen LogP contribution >= 0.6 is 0 Å². The van der Waals surface area contributed by atoms with Gasteiger partial charge >= 0.3 is 5.97 Å². The van der Waals surface area contributed by atoms with E-state index in [1.807, 2.05) is 52.8 Å². The minimum Gasteiger partial charge on any atom is -0.483 e. The van der Waals surface area contributed by atoms with Crippen molar-refractivity contribution >= 4 is 11.7 Å². The second-order valence-corrected chi connectivity index (χ2v) is 9.74. The lowest BCUT2D eigenvalue weighted by Gasteiger charge is -2.43. The molecule has 3 rings (SSSR count). The molecule has 1 heterocycles. The third kappa shape index (κ3) is 5.76. The molecule has 0 bridgehead atoms. The van der Waals surface area contributed by atoms with E-state index in [0.717, 1.165) is 16.8 Å². The summed E-state index contributed by atoms with van der Waals surface area (Å²) in [7, 11) is 1.61. The van der Waals surface area contributed by atoms with Crippen LogP contribution in [0.3, 0.4) is 0 Å². The number of nitrogens with one attached hydrogen (secondary N) is 1. The Morgan fingerprint density at radius 3 is 2.45 bits per heavy atom. The fourth-order valence-electron chi connectivity index (χ4n) is 3.72. The predicted molar refractivity (Wildman–Crippen MR) is 119 cm³/mol. The van der Waals surface area contributed by atoms with Crippen molar-refractivity contribution in [2.75, 3.05) is 12.4 Å². The van der Waals surface area contributed by atoms with Crippen LogP contribution in [0.15, 0.2) is 42.5 Å². The van der Waals surface area contributed by atoms with E-state index in [0.29, 0.717) is 18.7 Å². The Kier molecular flexibility index (Phi) is 6.60. The third-order valence-corrected chi connectivity index (χ3v) is 5.25. The summed E-state index contributed by atoms with van der Waals surface area (Å²) in [6.45, 7) is 10.3. The lowest BCUT2D eigenvalue weighted by atomic mass is 9.87. The minimum absolute atomic E-state index is 0.172. The number of halogens is 1. The van der Waals surface area contributed by atoms with Gasteiger partial charge in [-0.05, 0) is 55.2 Å². The second kappa shape index (κ2) is 8.87. The molecule has 168 valence electrons. The van der Waals surface area contributed by atoms with Gasteiger partial charge in [-0.3, -0.25) is 4.79 Å². The Bertz CT molecular complexity index is 918. The Hall–Kier alpha value is -2.60. The first-order chi connectivity index (χ1) is 14.5. The van der Waals surface area contributed by atoms with Gasteiger partial charge in [0.25, 0.3) is 0 Å². The molecular weight excluding hydrogens is 397 g/mol. The normalized spacial score (nSPS) is 19.8. The van der Waals surface area contributed by atoms with Gasteiger partial charge in [0.15, 0.2) is 6.10 Å². The molecule has 2 aromatic carbocycles. The van der Waals surface area contributed by atoms with E-state index in [-0.39, 0.29) is 17.2 Å². The third-order valence-electron chi connectivity index (χ3n) is 5.25. The fraction of sp³-hybridized carbons (Fsp3) is 0.480. The van der Waals surface area contributed by atoms with Gasteiger partial charge in [0.1, 0.15) is 23.3 Å². The molecule has 0 saturated heterocycles. The summed E-state index contributed by atoms with van der Waals surface area (Å²) in [5.74, 6) is 0.171. The number of benzene rings is 2. The van der Waals surface area contributed by atoms with E-state index in [1.165, 1.54) is 12.1 Å². The summed E-state index contributed by atoms with van der Waals surface area (Å²) in [6.07, 6.45) is -0.746. The first-order valence-corrected chi connectivity index (χ1v) is 10.5. The second-order valence-electron chi connectivity index (χ2n) is 9.74. The van der Waals surface area contributed by atoms with Crippen LogP contribution in [0.2, 0.25) is 0 Å². The van der Waals surface area contributed by atoms with E-state index >= 15 is 0 Å². The fourth-order valence-corrected chi connectivity index (χ4v) is 3.72. The lowest BCUT2D eigenvalue weighted by molar-refractivity contribution is -0.182. The van der Waals surface area contributed by atoms with Crippen molar-refractivity contribution in [2.45, 2.75) is 65.4 Å². The van der Waals surface area contributed by atoms with E-state index < -0.39 is 17.8 Å². The zero-order valence-corrected chi connectivity index (χ0v) is 19.1. The largest absolute Gasteiger partial charge is 0.483 e. The molecule has 5 nitrogen and oxygen atoms in total.